The first-order valence-electron chi connectivity index (χ1n) is 5.79. The molecule has 1 aromatic heterocycles. The van der Waals surface area contributed by atoms with E-state index < -0.39 is 0 Å². The Bertz CT molecular complexity index is 714. The maximum Gasteiger partial charge on any atom is 0.168 e. The molecule has 3 aromatic rings. The highest BCUT2D eigenvalue weighted by Crippen LogP contribution is 2.26. The number of rotatable bonds is 2. The first-order chi connectivity index (χ1) is 8.88. The number of pyridine rings is 1. The van der Waals surface area contributed by atoms with Gasteiger partial charge in [0.1, 0.15) is 5.69 Å². The lowest BCUT2D eigenvalue weighted by Gasteiger charge is -2.06. The van der Waals surface area contributed by atoms with Crippen molar-refractivity contribution in [1.29, 1.82) is 0 Å². The molecule has 0 fully saturated rings. The lowest BCUT2D eigenvalue weighted by molar-refractivity contribution is 0.111. The Kier molecular flexibility index (Phi) is 2.61. The van der Waals surface area contributed by atoms with Crippen LogP contribution in [0.5, 0.6) is 0 Å². The molecule has 0 aliphatic heterocycles. The molecule has 0 N–H and O–H groups in total. The highest BCUT2D eigenvalue weighted by atomic mass is 16.1. The zero-order chi connectivity index (χ0) is 12.4. The molecule has 86 valence electrons. The van der Waals surface area contributed by atoms with Crippen LogP contribution in [0, 0.1) is 0 Å². The normalized spacial score (nSPS) is 10.4. The molecule has 2 nitrogen and oxygen atoms in total. The lowest BCUT2D eigenvalue weighted by Crippen LogP contribution is -1.90. The van der Waals surface area contributed by atoms with Gasteiger partial charge >= 0.3 is 0 Å². The summed E-state index contributed by atoms with van der Waals surface area (Å²) in [6.45, 7) is 0. The van der Waals surface area contributed by atoms with E-state index in [0.717, 1.165) is 22.9 Å². The van der Waals surface area contributed by atoms with E-state index in [1.54, 1.807) is 6.07 Å². The number of carbonyl (C=O) groups excluding carboxylic acids is 1. The SMILES string of the molecule is O=Cc1cccc(-c2cccc3ccccc23)n1. The Balaban J connectivity index is 2.27. The van der Waals surface area contributed by atoms with Gasteiger partial charge in [-0.15, -0.1) is 0 Å². The van der Waals surface area contributed by atoms with Gasteiger partial charge in [-0.1, -0.05) is 48.5 Å². The first-order valence-corrected chi connectivity index (χ1v) is 5.79. The zero-order valence-electron chi connectivity index (χ0n) is 9.71. The second-order valence-electron chi connectivity index (χ2n) is 4.09. The van der Waals surface area contributed by atoms with Gasteiger partial charge in [-0.05, 0) is 22.9 Å². The fraction of sp³-hybridized carbons (Fsp3) is 0. The second kappa shape index (κ2) is 4.41. The number of fused-ring (bicyclic) bond motifs is 1. The van der Waals surface area contributed by atoms with E-state index in [1.165, 1.54) is 5.39 Å². The minimum absolute atomic E-state index is 0.459. The Hall–Kier alpha value is -2.48. The van der Waals surface area contributed by atoms with Gasteiger partial charge in [-0.25, -0.2) is 4.98 Å². The highest BCUT2D eigenvalue weighted by molar-refractivity contribution is 5.96. The molecule has 0 atom stereocenters. The number of aromatic nitrogens is 1. The fourth-order valence-corrected chi connectivity index (χ4v) is 2.12. The van der Waals surface area contributed by atoms with Gasteiger partial charge < -0.3 is 0 Å². The van der Waals surface area contributed by atoms with Crippen LogP contribution in [-0.4, -0.2) is 11.3 Å². The summed E-state index contributed by atoms with van der Waals surface area (Å²) in [5.74, 6) is 0. The van der Waals surface area contributed by atoms with E-state index in [9.17, 15) is 4.79 Å². The van der Waals surface area contributed by atoms with Crippen LogP contribution in [0.3, 0.4) is 0 Å². The minimum atomic E-state index is 0.459. The molecule has 1 heterocycles. The average Bonchev–Trinajstić information content (AvgIpc) is 2.47. The van der Waals surface area contributed by atoms with Gasteiger partial charge in [0.05, 0.1) is 5.69 Å². The van der Waals surface area contributed by atoms with E-state index in [4.69, 9.17) is 0 Å². The molecule has 18 heavy (non-hydrogen) atoms. The largest absolute Gasteiger partial charge is 0.296 e. The van der Waals surface area contributed by atoms with Gasteiger partial charge in [-0.3, -0.25) is 4.79 Å². The number of aldehydes is 1. The number of nitrogens with zero attached hydrogens (tertiary/aromatic N) is 1. The van der Waals surface area contributed by atoms with E-state index in [-0.39, 0.29) is 0 Å². The summed E-state index contributed by atoms with van der Waals surface area (Å²) in [6, 6.07) is 19.8. The average molecular weight is 233 g/mol. The number of carbonyl (C=O) groups is 1. The van der Waals surface area contributed by atoms with E-state index in [0.29, 0.717) is 5.69 Å². The molecule has 0 spiro atoms. The summed E-state index contributed by atoms with van der Waals surface area (Å²) < 4.78 is 0. The molecule has 0 unspecified atom stereocenters. The fourth-order valence-electron chi connectivity index (χ4n) is 2.12. The summed E-state index contributed by atoms with van der Waals surface area (Å²) in [7, 11) is 0. The molecular formula is C16H11NO. The van der Waals surface area contributed by atoms with Crippen molar-refractivity contribution in [1.82, 2.24) is 4.98 Å². The van der Waals surface area contributed by atoms with Crippen LogP contribution in [-0.2, 0) is 0 Å². The van der Waals surface area contributed by atoms with Crippen LogP contribution in [0.1, 0.15) is 10.5 Å². The molecule has 0 radical (unpaired) electrons. The van der Waals surface area contributed by atoms with Crippen LogP contribution >= 0.6 is 0 Å². The standard InChI is InChI=1S/C16H11NO/c18-11-13-7-4-10-16(17-13)15-9-3-6-12-5-1-2-8-14(12)15/h1-11H. The van der Waals surface area contributed by atoms with E-state index >= 15 is 0 Å². The first kappa shape index (κ1) is 10.7. The number of hydrogen-bond donors (Lipinski definition) is 0. The van der Waals surface area contributed by atoms with Crippen molar-refractivity contribution in [3.05, 3.63) is 66.4 Å². The maximum atomic E-state index is 10.8. The third-order valence-electron chi connectivity index (χ3n) is 2.96. The molecule has 0 saturated carbocycles. The molecular weight excluding hydrogens is 222 g/mol. The van der Waals surface area contributed by atoms with Gasteiger partial charge in [0, 0.05) is 5.56 Å². The maximum absolute atomic E-state index is 10.8. The van der Waals surface area contributed by atoms with Crippen molar-refractivity contribution in [3.8, 4) is 11.3 Å². The summed E-state index contributed by atoms with van der Waals surface area (Å²) in [4.78, 5) is 15.1. The van der Waals surface area contributed by atoms with E-state index in [1.807, 2.05) is 36.4 Å². The van der Waals surface area contributed by atoms with Gasteiger partial charge in [0.25, 0.3) is 0 Å². The van der Waals surface area contributed by atoms with Gasteiger partial charge in [0.15, 0.2) is 6.29 Å². The highest BCUT2D eigenvalue weighted by Gasteiger charge is 2.04. The van der Waals surface area contributed by atoms with E-state index in [2.05, 4.69) is 23.2 Å². The van der Waals surface area contributed by atoms with Crippen LogP contribution in [0.15, 0.2) is 60.7 Å². The molecule has 2 heteroatoms. The van der Waals surface area contributed by atoms with Crippen LogP contribution in [0.4, 0.5) is 0 Å². The zero-order valence-corrected chi connectivity index (χ0v) is 9.71. The number of benzene rings is 2. The Labute approximate surface area is 105 Å². The minimum Gasteiger partial charge on any atom is -0.296 e. The van der Waals surface area contributed by atoms with Crippen LogP contribution in [0.2, 0.25) is 0 Å². The quantitative estimate of drug-likeness (QED) is 0.631. The molecule has 3 rings (SSSR count). The molecule has 0 saturated heterocycles. The topological polar surface area (TPSA) is 30.0 Å². The van der Waals surface area contributed by atoms with Crippen LogP contribution < -0.4 is 0 Å². The molecule has 0 bridgehead atoms. The van der Waals surface area contributed by atoms with Gasteiger partial charge in [-0.2, -0.15) is 0 Å². The Morgan fingerprint density at radius 1 is 0.833 bits per heavy atom. The van der Waals surface area contributed by atoms with Crippen molar-refractivity contribution >= 4 is 17.1 Å². The molecule has 0 aliphatic rings. The summed E-state index contributed by atoms with van der Waals surface area (Å²) >= 11 is 0. The third-order valence-corrected chi connectivity index (χ3v) is 2.96. The Morgan fingerprint density at radius 2 is 1.61 bits per heavy atom. The molecule has 0 aliphatic carbocycles. The summed E-state index contributed by atoms with van der Waals surface area (Å²) in [6.07, 6.45) is 0.772. The predicted octanol–water partition coefficient (Wildman–Crippen LogP) is 3.71. The second-order valence-corrected chi connectivity index (χ2v) is 4.09. The van der Waals surface area contributed by atoms with Crippen molar-refractivity contribution in [2.75, 3.05) is 0 Å². The smallest absolute Gasteiger partial charge is 0.168 e. The molecule has 0 amide bonds. The monoisotopic (exact) mass is 233 g/mol. The van der Waals surface area contributed by atoms with Crippen LogP contribution in [0.25, 0.3) is 22.0 Å². The lowest BCUT2D eigenvalue weighted by atomic mass is 10.0. The van der Waals surface area contributed by atoms with Crippen molar-refractivity contribution in [2.24, 2.45) is 0 Å². The Morgan fingerprint density at radius 3 is 2.50 bits per heavy atom. The predicted molar refractivity (Wildman–Crippen MR) is 72.6 cm³/mol. The third kappa shape index (κ3) is 1.78. The number of hydrogen-bond acceptors (Lipinski definition) is 2. The van der Waals surface area contributed by atoms with Crippen molar-refractivity contribution < 1.29 is 4.79 Å². The van der Waals surface area contributed by atoms with Crippen molar-refractivity contribution in [3.63, 3.8) is 0 Å². The molecule has 2 aromatic carbocycles. The van der Waals surface area contributed by atoms with Crippen molar-refractivity contribution in [2.45, 2.75) is 0 Å². The summed E-state index contributed by atoms with van der Waals surface area (Å²) in [5, 5.41) is 2.32. The summed E-state index contributed by atoms with van der Waals surface area (Å²) in [5.41, 5.74) is 2.34. The van der Waals surface area contributed by atoms with Gasteiger partial charge in [0.2, 0.25) is 0 Å².